The Bertz CT molecular complexity index is 1910. The molecule has 8 rings (SSSR count). The third kappa shape index (κ3) is 4.97. The number of likely N-dealkylation sites (tertiary alicyclic amines) is 1. The molecule has 3 aliphatic heterocycles. The average Bonchev–Trinajstić information content (AvgIpc) is 3.81. The summed E-state index contributed by atoms with van der Waals surface area (Å²) in [5.74, 6) is 0.942. The van der Waals surface area contributed by atoms with E-state index in [2.05, 4.69) is 15.9 Å². The number of hydrogen-bond acceptors (Lipinski definition) is 11. The second-order valence-corrected chi connectivity index (χ2v) is 13.2. The Hall–Kier alpha value is -4.51. The molecule has 2 aromatic carbocycles. The van der Waals surface area contributed by atoms with Gasteiger partial charge in [0.15, 0.2) is 22.4 Å². The summed E-state index contributed by atoms with van der Waals surface area (Å²) < 4.78 is 26.9. The second-order valence-electron chi connectivity index (χ2n) is 12.2. The summed E-state index contributed by atoms with van der Waals surface area (Å²) in [6.45, 7) is 3.95. The molecule has 1 N–H and O–H groups in total. The van der Waals surface area contributed by atoms with Gasteiger partial charge in [0.1, 0.15) is 22.2 Å². The summed E-state index contributed by atoms with van der Waals surface area (Å²) in [4.78, 5) is 30.7. The predicted molar refractivity (Wildman–Crippen MR) is 171 cm³/mol. The zero-order valence-electron chi connectivity index (χ0n) is 25.3. The van der Waals surface area contributed by atoms with Crippen LogP contribution in [-0.4, -0.2) is 96.5 Å². The number of amides is 1. The van der Waals surface area contributed by atoms with E-state index in [4.69, 9.17) is 19.4 Å². The fraction of sp³-hybridized carbons (Fsp3) is 0.394. The number of aryl methyl sites for hydroxylation is 1. The first-order valence-electron chi connectivity index (χ1n) is 15.5. The summed E-state index contributed by atoms with van der Waals surface area (Å²) in [5, 5.41) is 20.9. The fourth-order valence-electron chi connectivity index (χ4n) is 6.83. The lowest BCUT2D eigenvalue weighted by molar-refractivity contribution is -0.142. The molecule has 0 saturated carbocycles. The van der Waals surface area contributed by atoms with Gasteiger partial charge in [-0.1, -0.05) is 11.3 Å². The number of anilines is 3. The van der Waals surface area contributed by atoms with E-state index in [-0.39, 0.29) is 18.5 Å². The topological polar surface area (TPSA) is 118 Å². The van der Waals surface area contributed by atoms with E-state index in [9.17, 15) is 15.2 Å². The highest BCUT2D eigenvalue weighted by Gasteiger charge is 2.31. The molecule has 4 aliphatic rings. The first-order chi connectivity index (χ1) is 22.4. The Labute approximate surface area is 269 Å². The molecular weight excluding hydrogens is 609 g/mol. The quantitative estimate of drug-likeness (QED) is 0.334. The SMILES string of the molecule is CN(c1nc(-c2ccc3c(c2)OCO3)c(C#N)s1)c1c2c(nc3c(F)cc(N4CCN(CC(=O)N5CC(O)C5)CC4)cc13)CCC2. The lowest BCUT2D eigenvalue weighted by Crippen LogP contribution is -2.57. The van der Waals surface area contributed by atoms with Crippen LogP contribution in [0.1, 0.15) is 22.6 Å². The molecule has 236 valence electrons. The summed E-state index contributed by atoms with van der Waals surface area (Å²) >= 11 is 1.30. The van der Waals surface area contributed by atoms with Crippen molar-refractivity contribution in [1.82, 2.24) is 19.8 Å². The van der Waals surface area contributed by atoms with Crippen molar-refractivity contribution in [2.45, 2.75) is 25.4 Å². The van der Waals surface area contributed by atoms with Crippen molar-refractivity contribution in [2.75, 3.05) is 69.5 Å². The molecule has 0 unspecified atom stereocenters. The smallest absolute Gasteiger partial charge is 0.236 e. The van der Waals surface area contributed by atoms with E-state index < -0.39 is 6.10 Å². The summed E-state index contributed by atoms with van der Waals surface area (Å²) in [6, 6.07) is 11.4. The average molecular weight is 642 g/mol. The first-order valence-corrected chi connectivity index (χ1v) is 16.3. The van der Waals surface area contributed by atoms with E-state index in [1.165, 1.54) is 11.3 Å². The number of β-amino-alcohol motifs (C(OH)–C–C–N with tert-alkyl or cyclic N) is 1. The number of ether oxygens (including phenoxy) is 2. The van der Waals surface area contributed by atoms with Gasteiger partial charge in [-0.2, -0.15) is 5.26 Å². The lowest BCUT2D eigenvalue weighted by Gasteiger charge is -2.40. The molecule has 2 aromatic heterocycles. The Kier molecular flexibility index (Phi) is 7.16. The number of nitriles is 1. The van der Waals surface area contributed by atoms with Crippen LogP contribution in [0.5, 0.6) is 11.5 Å². The van der Waals surface area contributed by atoms with Crippen molar-refractivity contribution in [3.05, 3.63) is 52.3 Å². The lowest BCUT2D eigenvalue weighted by atomic mass is 10.0. The molecule has 0 bridgehead atoms. The summed E-state index contributed by atoms with van der Waals surface area (Å²) in [6.07, 6.45) is 2.14. The van der Waals surface area contributed by atoms with Gasteiger partial charge < -0.3 is 29.3 Å². The maximum atomic E-state index is 15.9. The highest BCUT2D eigenvalue weighted by Crippen LogP contribution is 2.44. The van der Waals surface area contributed by atoms with Crippen LogP contribution in [0.4, 0.5) is 20.9 Å². The summed E-state index contributed by atoms with van der Waals surface area (Å²) in [7, 11) is 1.92. The number of benzene rings is 2. The Morgan fingerprint density at radius 1 is 1.13 bits per heavy atom. The van der Waals surface area contributed by atoms with Crippen LogP contribution in [0, 0.1) is 17.1 Å². The number of rotatable bonds is 6. The molecule has 13 heteroatoms. The van der Waals surface area contributed by atoms with E-state index in [0.717, 1.165) is 47.5 Å². The molecular formula is C33H32FN7O4S. The third-order valence-electron chi connectivity index (χ3n) is 9.32. The molecule has 1 amide bonds. The second kappa shape index (κ2) is 11.4. The van der Waals surface area contributed by atoms with Gasteiger partial charge in [-0.25, -0.2) is 14.4 Å². The molecule has 0 atom stereocenters. The van der Waals surface area contributed by atoms with Gasteiger partial charge in [0.2, 0.25) is 12.7 Å². The maximum Gasteiger partial charge on any atom is 0.236 e. The third-order valence-corrected chi connectivity index (χ3v) is 10.4. The van der Waals surface area contributed by atoms with Gasteiger partial charge in [-0.05, 0) is 55.2 Å². The minimum Gasteiger partial charge on any atom is -0.454 e. The van der Waals surface area contributed by atoms with Crippen LogP contribution < -0.4 is 19.3 Å². The van der Waals surface area contributed by atoms with Crippen LogP contribution in [-0.2, 0) is 17.6 Å². The number of piperazine rings is 1. The molecule has 46 heavy (non-hydrogen) atoms. The normalized spacial score (nSPS) is 17.7. The van der Waals surface area contributed by atoms with Crippen molar-refractivity contribution >= 4 is 44.7 Å². The maximum absolute atomic E-state index is 15.9. The first kappa shape index (κ1) is 28.9. The minimum absolute atomic E-state index is 0.0338. The van der Waals surface area contributed by atoms with Gasteiger partial charge in [-0.15, -0.1) is 0 Å². The Balaban J connectivity index is 1.11. The largest absolute Gasteiger partial charge is 0.454 e. The van der Waals surface area contributed by atoms with Crippen LogP contribution >= 0.6 is 11.3 Å². The van der Waals surface area contributed by atoms with E-state index >= 15 is 4.39 Å². The number of aliphatic hydroxyl groups excluding tert-OH is 1. The highest BCUT2D eigenvalue weighted by molar-refractivity contribution is 7.16. The zero-order chi connectivity index (χ0) is 31.5. The molecule has 11 nitrogen and oxygen atoms in total. The Morgan fingerprint density at radius 3 is 2.72 bits per heavy atom. The zero-order valence-corrected chi connectivity index (χ0v) is 26.1. The van der Waals surface area contributed by atoms with Crippen molar-refractivity contribution in [1.29, 1.82) is 5.26 Å². The molecule has 2 fully saturated rings. The van der Waals surface area contributed by atoms with E-state index in [1.807, 2.05) is 36.2 Å². The number of fused-ring (bicyclic) bond motifs is 3. The summed E-state index contributed by atoms with van der Waals surface area (Å²) in [5.41, 5.74) is 5.30. The monoisotopic (exact) mass is 641 g/mol. The van der Waals surface area contributed by atoms with Crippen LogP contribution in [0.2, 0.25) is 0 Å². The number of carbonyl (C=O) groups excluding carboxylic acids is 1. The number of pyridine rings is 1. The number of aliphatic hydroxyl groups is 1. The number of hydrogen-bond donors (Lipinski definition) is 1. The standard InChI is InChI=1S/C33H32FN7O4S/c1-38(33-37-30(28(14-35)46-33)19-5-6-26-27(11-19)45-18-44-26)32-22-3-2-4-25(22)36-31-23(32)12-20(13-24(31)34)40-9-7-39(8-10-40)17-29(43)41-15-21(42)16-41/h5-6,11-13,21,42H,2-4,7-10,15-18H2,1H3. The van der Waals surface area contributed by atoms with E-state index in [1.54, 1.807) is 11.0 Å². The van der Waals surface area contributed by atoms with Crippen LogP contribution in [0.25, 0.3) is 22.2 Å². The number of carbonyl (C=O) groups is 1. The molecule has 5 heterocycles. The number of thiazole rings is 1. The minimum atomic E-state index is -0.413. The number of aromatic nitrogens is 2. The van der Waals surface area contributed by atoms with Crippen LogP contribution in [0.3, 0.4) is 0 Å². The molecule has 0 spiro atoms. The van der Waals surface area contributed by atoms with Gasteiger partial charge in [0.05, 0.1) is 18.3 Å². The molecule has 1 aliphatic carbocycles. The van der Waals surface area contributed by atoms with Crippen molar-refractivity contribution in [2.24, 2.45) is 0 Å². The predicted octanol–water partition coefficient (Wildman–Crippen LogP) is 3.68. The Morgan fingerprint density at radius 2 is 1.93 bits per heavy atom. The van der Waals surface area contributed by atoms with E-state index in [0.29, 0.717) is 83.9 Å². The molecule has 2 saturated heterocycles. The van der Waals surface area contributed by atoms with Gasteiger partial charge in [-0.3, -0.25) is 9.69 Å². The van der Waals surface area contributed by atoms with Crippen molar-refractivity contribution in [3.8, 4) is 28.8 Å². The highest BCUT2D eigenvalue weighted by atomic mass is 32.1. The van der Waals surface area contributed by atoms with Crippen LogP contribution in [0.15, 0.2) is 30.3 Å². The fourth-order valence-corrected chi connectivity index (χ4v) is 7.68. The molecule has 0 radical (unpaired) electrons. The number of halogens is 1. The number of nitrogens with zero attached hydrogens (tertiary/aromatic N) is 7. The van der Waals surface area contributed by atoms with Gasteiger partial charge in [0, 0.05) is 68.6 Å². The van der Waals surface area contributed by atoms with Crippen molar-refractivity contribution < 1.29 is 23.8 Å². The van der Waals surface area contributed by atoms with Gasteiger partial charge >= 0.3 is 0 Å². The van der Waals surface area contributed by atoms with Crippen molar-refractivity contribution in [3.63, 3.8) is 0 Å². The molecule has 4 aromatic rings. The van der Waals surface area contributed by atoms with Gasteiger partial charge in [0.25, 0.3) is 0 Å².